The van der Waals surface area contributed by atoms with Crippen molar-refractivity contribution in [2.24, 2.45) is 0 Å². The maximum absolute atomic E-state index is 10.3. The minimum absolute atomic E-state index is 0.309. The minimum Gasteiger partial charge on any atom is -0.481 e. The molecule has 0 rings (SSSR count). The number of unbranched alkanes of at least 4 members (excludes halogenated alkanes) is 11. The molecule has 0 aromatic carbocycles. The fourth-order valence-corrected chi connectivity index (χ4v) is 3.91. The maximum atomic E-state index is 10.3. The molecule has 4 nitrogen and oxygen atoms in total. The molecule has 0 aliphatic carbocycles. The predicted molar refractivity (Wildman–Crippen MR) is 192 cm³/mol. The first-order valence-electron chi connectivity index (χ1n) is 16.9. The van der Waals surface area contributed by atoms with Gasteiger partial charge in [0.1, 0.15) is 0 Å². The van der Waals surface area contributed by atoms with Crippen LogP contribution in [-0.2, 0) is 9.59 Å². The Kier molecular flexibility index (Phi) is 38.5. The molecule has 0 spiro atoms. The standard InChI is InChI=1S/C20H32O2.C20H30O2/c2*1-2-3-4-5-6-7-8-9-10-11-12-13-14-15-16-17-18-19-20(21)22/h3-4,6-7,9-10,12-13H,2,5,8,11,14-19H2,1H3,(H,21,22);10-19H,2-9H2,1H3,(H,21,22)/b4-3-,7-6-,10-9-,13-12-;11-10+,13-12+,15-14+,17-16+,19-18+. The van der Waals surface area contributed by atoms with Gasteiger partial charge in [0.25, 0.3) is 0 Å². The van der Waals surface area contributed by atoms with Crippen molar-refractivity contribution in [3.8, 4) is 0 Å². The highest BCUT2D eigenvalue weighted by atomic mass is 16.4. The van der Waals surface area contributed by atoms with E-state index in [-0.39, 0.29) is 0 Å². The lowest BCUT2D eigenvalue weighted by Gasteiger charge is -1.98. The second-order valence-corrected chi connectivity index (χ2v) is 10.5. The molecule has 0 saturated carbocycles. The highest BCUT2D eigenvalue weighted by Gasteiger charge is 1.95. The van der Waals surface area contributed by atoms with Gasteiger partial charge in [0.2, 0.25) is 0 Å². The number of aliphatic carboxylic acids is 2. The molecular formula is C40H62O4. The van der Waals surface area contributed by atoms with Crippen LogP contribution in [0.1, 0.15) is 129 Å². The Bertz CT molecular complexity index is 910. The molecule has 0 bridgehead atoms. The summed E-state index contributed by atoms with van der Waals surface area (Å²) < 4.78 is 0. The summed E-state index contributed by atoms with van der Waals surface area (Å²) in [5.41, 5.74) is 0. The molecule has 0 saturated heterocycles. The fourth-order valence-electron chi connectivity index (χ4n) is 3.91. The summed E-state index contributed by atoms with van der Waals surface area (Å²) in [4.78, 5) is 20.5. The lowest BCUT2D eigenvalue weighted by atomic mass is 10.1. The van der Waals surface area contributed by atoms with Gasteiger partial charge in [-0.3, -0.25) is 4.79 Å². The van der Waals surface area contributed by atoms with Gasteiger partial charge in [-0.2, -0.15) is 0 Å². The molecule has 0 aliphatic heterocycles. The van der Waals surface area contributed by atoms with Crippen molar-refractivity contribution < 1.29 is 19.8 Å². The van der Waals surface area contributed by atoms with Crippen LogP contribution >= 0.6 is 0 Å². The largest absolute Gasteiger partial charge is 0.481 e. The summed E-state index contributed by atoms with van der Waals surface area (Å²) in [7, 11) is 0. The molecule has 0 heterocycles. The summed E-state index contributed by atoms with van der Waals surface area (Å²) >= 11 is 0. The fraction of sp³-hybridized carbons (Fsp3) is 0.500. The van der Waals surface area contributed by atoms with Crippen LogP contribution in [0.5, 0.6) is 0 Å². The zero-order valence-electron chi connectivity index (χ0n) is 27.8. The van der Waals surface area contributed by atoms with Crippen molar-refractivity contribution in [1.82, 2.24) is 0 Å². The van der Waals surface area contributed by atoms with E-state index in [9.17, 15) is 9.59 Å². The third kappa shape index (κ3) is 45.6. The Hall–Kier alpha value is -3.40. The molecule has 0 aromatic heterocycles. The van der Waals surface area contributed by atoms with Crippen molar-refractivity contribution >= 4 is 11.9 Å². The summed E-state index contributed by atoms with van der Waals surface area (Å²) in [6, 6.07) is 0. The van der Waals surface area contributed by atoms with E-state index in [0.717, 1.165) is 70.3 Å². The third-order valence-electron chi connectivity index (χ3n) is 6.36. The van der Waals surface area contributed by atoms with E-state index in [2.05, 4.69) is 74.6 Å². The molecule has 0 aromatic rings. The van der Waals surface area contributed by atoms with Crippen LogP contribution in [0.2, 0.25) is 0 Å². The molecule has 2 N–H and O–H groups in total. The van der Waals surface area contributed by atoms with Crippen LogP contribution in [0.3, 0.4) is 0 Å². The average molecular weight is 607 g/mol. The molecule has 0 atom stereocenters. The molecule has 246 valence electrons. The lowest BCUT2D eigenvalue weighted by molar-refractivity contribution is -0.137. The predicted octanol–water partition coefficient (Wildman–Crippen LogP) is 12.2. The monoisotopic (exact) mass is 606 g/mol. The highest BCUT2D eigenvalue weighted by Crippen LogP contribution is 2.09. The Labute approximate surface area is 270 Å². The number of carbonyl (C=O) groups is 2. The molecule has 0 radical (unpaired) electrons. The molecule has 0 fully saturated rings. The van der Waals surface area contributed by atoms with E-state index in [4.69, 9.17) is 10.2 Å². The Morgan fingerprint density at radius 1 is 0.455 bits per heavy atom. The zero-order valence-corrected chi connectivity index (χ0v) is 27.8. The molecule has 0 aliphatic rings. The molecule has 0 amide bonds. The lowest BCUT2D eigenvalue weighted by Crippen LogP contribution is -1.93. The number of allylic oxidation sites excluding steroid dienone is 17. The van der Waals surface area contributed by atoms with Crippen molar-refractivity contribution in [1.29, 1.82) is 0 Å². The molecule has 44 heavy (non-hydrogen) atoms. The van der Waals surface area contributed by atoms with Gasteiger partial charge in [0.05, 0.1) is 0 Å². The van der Waals surface area contributed by atoms with Crippen LogP contribution in [0.15, 0.2) is 109 Å². The third-order valence-corrected chi connectivity index (χ3v) is 6.36. The second kappa shape index (κ2) is 39.6. The molecular weight excluding hydrogens is 544 g/mol. The van der Waals surface area contributed by atoms with Crippen molar-refractivity contribution in [3.63, 3.8) is 0 Å². The van der Waals surface area contributed by atoms with Crippen molar-refractivity contribution in [3.05, 3.63) is 109 Å². The van der Waals surface area contributed by atoms with Gasteiger partial charge in [0.15, 0.2) is 0 Å². The quantitative estimate of drug-likeness (QED) is 0.0422. The SMILES string of the molecule is CC/C=C\C/C=C\C/C=C\C/C=C\CCCCCCC(=O)O.CCCCCCCCC/C=C/C=C/C=C/C=C/C=C/C(=O)O. The first-order chi connectivity index (χ1) is 21.5. The molecule has 4 heteroatoms. The van der Waals surface area contributed by atoms with Crippen LogP contribution in [-0.4, -0.2) is 22.2 Å². The minimum atomic E-state index is -0.931. The van der Waals surface area contributed by atoms with Crippen LogP contribution < -0.4 is 0 Å². The summed E-state index contributed by atoms with van der Waals surface area (Å²) in [6.07, 6.45) is 56.1. The Morgan fingerprint density at radius 2 is 0.886 bits per heavy atom. The molecule has 0 unspecified atom stereocenters. The van der Waals surface area contributed by atoms with Gasteiger partial charge in [0, 0.05) is 12.5 Å². The normalized spacial score (nSPS) is 12.6. The number of rotatable bonds is 27. The first-order valence-corrected chi connectivity index (χ1v) is 16.9. The van der Waals surface area contributed by atoms with Gasteiger partial charge in [-0.1, -0.05) is 169 Å². The van der Waals surface area contributed by atoms with E-state index in [0.29, 0.717) is 6.42 Å². The van der Waals surface area contributed by atoms with Crippen LogP contribution in [0.4, 0.5) is 0 Å². The van der Waals surface area contributed by atoms with Crippen molar-refractivity contribution in [2.45, 2.75) is 129 Å². The average Bonchev–Trinajstić information content (AvgIpc) is 3.00. The Morgan fingerprint density at radius 3 is 1.41 bits per heavy atom. The van der Waals surface area contributed by atoms with Gasteiger partial charge < -0.3 is 10.2 Å². The first kappa shape index (κ1) is 42.7. The smallest absolute Gasteiger partial charge is 0.328 e. The van der Waals surface area contributed by atoms with E-state index in [1.807, 2.05) is 24.3 Å². The van der Waals surface area contributed by atoms with Gasteiger partial charge >= 0.3 is 11.9 Å². The van der Waals surface area contributed by atoms with E-state index in [1.54, 1.807) is 12.2 Å². The Balaban J connectivity index is 0. The number of carboxylic acid groups (broad SMARTS) is 2. The van der Waals surface area contributed by atoms with Gasteiger partial charge in [-0.25, -0.2) is 4.79 Å². The number of carboxylic acids is 2. The van der Waals surface area contributed by atoms with Crippen molar-refractivity contribution in [2.75, 3.05) is 0 Å². The van der Waals surface area contributed by atoms with Gasteiger partial charge in [-0.05, 0) is 57.8 Å². The summed E-state index contributed by atoms with van der Waals surface area (Å²) in [6.45, 7) is 4.40. The maximum Gasteiger partial charge on any atom is 0.328 e. The topological polar surface area (TPSA) is 74.6 Å². The summed E-state index contributed by atoms with van der Waals surface area (Å²) in [5, 5.41) is 16.9. The highest BCUT2D eigenvalue weighted by molar-refractivity contribution is 5.80. The number of hydrogen-bond donors (Lipinski definition) is 2. The second-order valence-electron chi connectivity index (χ2n) is 10.5. The van der Waals surface area contributed by atoms with Crippen LogP contribution in [0, 0.1) is 0 Å². The summed E-state index contributed by atoms with van der Waals surface area (Å²) in [5.74, 6) is -1.61. The van der Waals surface area contributed by atoms with E-state index in [1.165, 1.54) is 51.0 Å². The number of hydrogen-bond acceptors (Lipinski definition) is 2. The zero-order chi connectivity index (χ0) is 32.6. The van der Waals surface area contributed by atoms with E-state index < -0.39 is 11.9 Å². The van der Waals surface area contributed by atoms with Crippen LogP contribution in [0.25, 0.3) is 0 Å². The van der Waals surface area contributed by atoms with E-state index >= 15 is 0 Å². The van der Waals surface area contributed by atoms with Gasteiger partial charge in [-0.15, -0.1) is 0 Å².